The average Bonchev–Trinajstić information content (AvgIpc) is 2.99. The monoisotopic (exact) mass is 609 g/mol. The Morgan fingerprint density at radius 2 is 0.977 bits per heavy atom. The topological polar surface area (TPSA) is 99.0 Å². The summed E-state index contributed by atoms with van der Waals surface area (Å²) in [6.07, 6.45) is 30.6. The third-order valence-corrected chi connectivity index (χ3v) is 8.61. The van der Waals surface area contributed by atoms with E-state index in [2.05, 4.69) is 25.8 Å². The van der Waals surface area contributed by atoms with E-state index in [1.807, 2.05) is 0 Å². The normalized spacial score (nSPS) is 13.2. The maximum absolute atomic E-state index is 12.5. The molecule has 1 unspecified atom stereocenters. The van der Waals surface area contributed by atoms with Crippen LogP contribution in [0.2, 0.25) is 0 Å². The van der Waals surface area contributed by atoms with E-state index in [0.29, 0.717) is 12.5 Å². The molecule has 0 radical (unpaired) electrons. The molecule has 6 nitrogen and oxygen atoms in total. The van der Waals surface area contributed by atoms with Gasteiger partial charge in [0.15, 0.2) is 0 Å². The standard InChI is InChI=1S/C37H71NO5/c1-4-7-10-13-16-18-20-23-26-29-35(39)38-34(37(41)42)30-31-36(40)43-32-33(27-24-21-15-12-9-6-3)28-25-22-19-17-14-11-8-5-2/h33-34H,4-32H2,1-3H3,(H,38,39)(H,41,42)/p-1/t33?,34-/m0/s1. The van der Waals surface area contributed by atoms with E-state index in [1.54, 1.807) is 0 Å². The second-order valence-corrected chi connectivity index (χ2v) is 12.9. The summed E-state index contributed by atoms with van der Waals surface area (Å²) in [7, 11) is 0. The number of ether oxygens (including phenoxy) is 1. The van der Waals surface area contributed by atoms with Crippen LogP contribution in [0.15, 0.2) is 4.99 Å². The molecule has 0 bridgehead atoms. The van der Waals surface area contributed by atoms with Crippen molar-refractivity contribution in [2.75, 3.05) is 6.61 Å². The van der Waals surface area contributed by atoms with Gasteiger partial charge in [0.25, 0.3) is 0 Å². The summed E-state index contributed by atoms with van der Waals surface area (Å²) in [5.74, 6) is -1.53. The predicted octanol–water partition coefficient (Wildman–Crippen LogP) is 10.3. The summed E-state index contributed by atoms with van der Waals surface area (Å²) in [5, 5.41) is 21.8. The first-order valence-corrected chi connectivity index (χ1v) is 18.6. The lowest BCUT2D eigenvalue weighted by Crippen LogP contribution is -2.26. The molecule has 1 N–H and O–H groups in total. The molecule has 2 atom stereocenters. The second kappa shape index (κ2) is 31.8. The first-order valence-electron chi connectivity index (χ1n) is 18.6. The molecular formula is C37H70NO5-. The molecular weight excluding hydrogens is 538 g/mol. The zero-order valence-corrected chi connectivity index (χ0v) is 28.7. The van der Waals surface area contributed by atoms with Gasteiger partial charge in [-0.05, 0) is 43.9 Å². The number of unbranched alkanes of at least 4 members (excludes halogenated alkanes) is 20. The van der Waals surface area contributed by atoms with Crippen LogP contribution in [0.25, 0.3) is 0 Å². The van der Waals surface area contributed by atoms with Crippen LogP contribution in [0.4, 0.5) is 0 Å². The summed E-state index contributed by atoms with van der Waals surface area (Å²) in [6.45, 7) is 7.11. The van der Waals surface area contributed by atoms with Crippen LogP contribution < -0.4 is 5.11 Å². The third-order valence-electron chi connectivity index (χ3n) is 8.61. The summed E-state index contributed by atoms with van der Waals surface area (Å²) in [4.78, 5) is 28.1. The zero-order valence-electron chi connectivity index (χ0n) is 28.7. The van der Waals surface area contributed by atoms with Crippen LogP contribution >= 0.6 is 0 Å². The fraction of sp³-hybridized carbons (Fsp3) is 0.919. The molecule has 43 heavy (non-hydrogen) atoms. The van der Waals surface area contributed by atoms with Crippen LogP contribution in [0.1, 0.15) is 201 Å². The number of aliphatic carboxylic acids is 1. The van der Waals surface area contributed by atoms with Gasteiger partial charge in [0.2, 0.25) is 0 Å². The smallest absolute Gasteiger partial charge is 0.328 e. The molecule has 0 aliphatic heterocycles. The minimum atomic E-state index is -1.17. The van der Waals surface area contributed by atoms with Gasteiger partial charge in [0.05, 0.1) is 6.61 Å². The molecule has 0 fully saturated rings. The average molecular weight is 609 g/mol. The van der Waals surface area contributed by atoms with E-state index >= 15 is 0 Å². The molecule has 0 saturated carbocycles. The maximum Gasteiger partial charge on any atom is 0.328 e. The van der Waals surface area contributed by atoms with Crippen molar-refractivity contribution in [3.8, 4) is 0 Å². The van der Waals surface area contributed by atoms with Crippen molar-refractivity contribution in [3.63, 3.8) is 0 Å². The molecule has 0 aromatic carbocycles. The molecule has 0 aliphatic rings. The van der Waals surface area contributed by atoms with Crippen LogP contribution in [-0.2, 0) is 14.3 Å². The molecule has 6 heteroatoms. The van der Waals surface area contributed by atoms with Crippen molar-refractivity contribution in [1.82, 2.24) is 0 Å². The largest absolute Gasteiger partial charge is 0.862 e. The number of carboxylic acids is 1. The molecule has 0 aromatic rings. The van der Waals surface area contributed by atoms with Crippen LogP contribution in [0.3, 0.4) is 0 Å². The van der Waals surface area contributed by atoms with Crippen LogP contribution in [-0.4, -0.2) is 35.6 Å². The Labute approximate surface area is 266 Å². The van der Waals surface area contributed by atoms with Gasteiger partial charge in [0.1, 0.15) is 6.04 Å². The molecule has 0 amide bonds. The highest BCUT2D eigenvalue weighted by molar-refractivity contribution is 5.80. The van der Waals surface area contributed by atoms with Crippen molar-refractivity contribution in [2.24, 2.45) is 10.9 Å². The van der Waals surface area contributed by atoms with E-state index in [4.69, 9.17) is 4.74 Å². The highest BCUT2D eigenvalue weighted by Gasteiger charge is 2.19. The molecule has 0 aliphatic carbocycles. The lowest BCUT2D eigenvalue weighted by molar-refractivity contribution is -0.219. The van der Waals surface area contributed by atoms with Gasteiger partial charge in [-0.15, -0.1) is 0 Å². The van der Waals surface area contributed by atoms with Gasteiger partial charge < -0.3 is 14.9 Å². The van der Waals surface area contributed by atoms with Crippen molar-refractivity contribution in [1.29, 1.82) is 0 Å². The molecule has 254 valence electrons. The summed E-state index contributed by atoms with van der Waals surface area (Å²) in [6, 6.07) is -1.17. The number of esters is 1. The van der Waals surface area contributed by atoms with Crippen LogP contribution in [0, 0.1) is 5.92 Å². The Bertz CT molecular complexity index is 665. The lowest BCUT2D eigenvalue weighted by Gasteiger charge is -2.18. The van der Waals surface area contributed by atoms with E-state index < -0.39 is 12.0 Å². The number of rotatable bonds is 33. The van der Waals surface area contributed by atoms with Gasteiger partial charge in [-0.2, -0.15) is 0 Å². The van der Waals surface area contributed by atoms with E-state index in [9.17, 15) is 19.8 Å². The minimum Gasteiger partial charge on any atom is -0.862 e. The zero-order chi connectivity index (χ0) is 31.8. The molecule has 0 heterocycles. The Morgan fingerprint density at radius 1 is 0.581 bits per heavy atom. The Kier molecular flexibility index (Phi) is 30.6. The molecule has 0 saturated heterocycles. The van der Waals surface area contributed by atoms with E-state index in [0.717, 1.165) is 32.1 Å². The Balaban J connectivity index is 4.44. The van der Waals surface area contributed by atoms with Gasteiger partial charge in [-0.1, -0.05) is 162 Å². The van der Waals surface area contributed by atoms with Crippen molar-refractivity contribution in [2.45, 2.75) is 207 Å². The fourth-order valence-corrected chi connectivity index (χ4v) is 5.70. The quantitative estimate of drug-likeness (QED) is 0.0346. The highest BCUT2D eigenvalue weighted by Crippen LogP contribution is 2.21. The predicted molar refractivity (Wildman–Crippen MR) is 180 cm³/mol. The SMILES string of the molecule is CCCCCCCCCCCC([O-])=N[C@@H](CCC(=O)OCC(CCCCCCCC)CCCCCCCCCC)C(=O)O. The number of carbonyl (C=O) groups is 2. The van der Waals surface area contributed by atoms with E-state index in [1.165, 1.54) is 128 Å². The van der Waals surface area contributed by atoms with Crippen molar-refractivity contribution >= 4 is 17.8 Å². The third kappa shape index (κ3) is 28.9. The number of carbonyl (C=O) groups excluding carboxylic acids is 1. The first kappa shape index (κ1) is 41.4. The number of carboxylic acid groups (broad SMARTS) is 1. The highest BCUT2D eigenvalue weighted by atomic mass is 16.5. The fourth-order valence-electron chi connectivity index (χ4n) is 5.70. The lowest BCUT2D eigenvalue weighted by atomic mass is 9.94. The minimum absolute atomic E-state index is 0.0117. The number of hydrogen-bond donors (Lipinski definition) is 1. The van der Waals surface area contributed by atoms with Gasteiger partial charge in [0, 0.05) is 6.42 Å². The molecule has 0 rings (SSSR count). The van der Waals surface area contributed by atoms with E-state index in [-0.39, 0.29) is 31.1 Å². The first-order chi connectivity index (χ1) is 20.9. The van der Waals surface area contributed by atoms with Crippen molar-refractivity contribution < 1.29 is 24.5 Å². The van der Waals surface area contributed by atoms with Gasteiger partial charge in [-0.25, -0.2) is 4.79 Å². The molecule has 0 aromatic heterocycles. The second-order valence-electron chi connectivity index (χ2n) is 12.9. The number of hydrogen-bond acceptors (Lipinski definition) is 5. The number of aliphatic imine (C=N–C) groups is 1. The summed E-state index contributed by atoms with van der Waals surface area (Å²) >= 11 is 0. The van der Waals surface area contributed by atoms with Crippen molar-refractivity contribution in [3.05, 3.63) is 0 Å². The Morgan fingerprint density at radius 3 is 1.40 bits per heavy atom. The van der Waals surface area contributed by atoms with Gasteiger partial charge >= 0.3 is 11.9 Å². The summed E-state index contributed by atoms with van der Waals surface area (Å²) in [5.41, 5.74) is 0. The van der Waals surface area contributed by atoms with Gasteiger partial charge in [-0.3, -0.25) is 9.79 Å². The Hall–Kier alpha value is -1.59. The molecule has 0 spiro atoms. The van der Waals surface area contributed by atoms with Crippen LogP contribution in [0.5, 0.6) is 0 Å². The summed E-state index contributed by atoms with van der Waals surface area (Å²) < 4.78 is 5.63. The maximum atomic E-state index is 12.5. The number of nitrogens with zero attached hydrogens (tertiary/aromatic N) is 1.